The molecule has 2 rings (SSSR count). The van der Waals surface area contributed by atoms with E-state index in [4.69, 9.17) is 10.5 Å². The molecule has 84 valence electrons. The van der Waals surface area contributed by atoms with E-state index in [2.05, 4.69) is 14.8 Å². The lowest BCUT2D eigenvalue weighted by Gasteiger charge is -2.17. The van der Waals surface area contributed by atoms with Crippen molar-refractivity contribution in [1.29, 1.82) is 0 Å². The SMILES string of the molecule is COCCC(N)c1nnc2n1CCCC2. The number of fused-ring (bicyclic) bond motifs is 1. The second kappa shape index (κ2) is 4.72. The molecule has 1 aromatic heterocycles. The maximum Gasteiger partial charge on any atom is 0.150 e. The Balaban J connectivity index is 2.10. The van der Waals surface area contributed by atoms with E-state index in [1.807, 2.05) is 0 Å². The first kappa shape index (κ1) is 10.6. The molecule has 15 heavy (non-hydrogen) atoms. The molecule has 5 nitrogen and oxygen atoms in total. The molecule has 1 unspecified atom stereocenters. The van der Waals surface area contributed by atoms with Crippen LogP contribution in [0.2, 0.25) is 0 Å². The maximum absolute atomic E-state index is 6.05. The quantitative estimate of drug-likeness (QED) is 0.792. The minimum Gasteiger partial charge on any atom is -0.385 e. The summed E-state index contributed by atoms with van der Waals surface area (Å²) in [5.74, 6) is 2.01. The van der Waals surface area contributed by atoms with E-state index in [1.54, 1.807) is 7.11 Å². The monoisotopic (exact) mass is 210 g/mol. The zero-order valence-corrected chi connectivity index (χ0v) is 9.15. The molecule has 2 N–H and O–H groups in total. The second-order valence-corrected chi connectivity index (χ2v) is 3.97. The van der Waals surface area contributed by atoms with Crippen LogP contribution >= 0.6 is 0 Å². The Hall–Kier alpha value is -0.940. The molecule has 0 aromatic carbocycles. The van der Waals surface area contributed by atoms with Crippen LogP contribution in [0.5, 0.6) is 0 Å². The van der Waals surface area contributed by atoms with Gasteiger partial charge in [-0.2, -0.15) is 0 Å². The Morgan fingerprint density at radius 3 is 3.13 bits per heavy atom. The molecule has 1 atom stereocenters. The van der Waals surface area contributed by atoms with Gasteiger partial charge in [0.25, 0.3) is 0 Å². The van der Waals surface area contributed by atoms with Crippen molar-refractivity contribution >= 4 is 0 Å². The van der Waals surface area contributed by atoms with Crippen molar-refractivity contribution in [2.75, 3.05) is 13.7 Å². The van der Waals surface area contributed by atoms with Gasteiger partial charge in [0.2, 0.25) is 0 Å². The summed E-state index contributed by atoms with van der Waals surface area (Å²) in [7, 11) is 1.69. The minimum absolute atomic E-state index is 0.0516. The number of ether oxygens (including phenoxy) is 1. The topological polar surface area (TPSA) is 66.0 Å². The lowest BCUT2D eigenvalue weighted by Crippen LogP contribution is -2.21. The number of hydrogen-bond donors (Lipinski definition) is 1. The molecule has 5 heteroatoms. The molecular formula is C10H18N4O. The number of nitrogens with two attached hydrogens (primary N) is 1. The van der Waals surface area contributed by atoms with Crippen molar-refractivity contribution in [2.45, 2.75) is 38.3 Å². The van der Waals surface area contributed by atoms with E-state index in [-0.39, 0.29) is 6.04 Å². The Morgan fingerprint density at radius 2 is 2.33 bits per heavy atom. The molecule has 0 radical (unpaired) electrons. The summed E-state index contributed by atoms with van der Waals surface area (Å²) in [6, 6.07) is -0.0516. The van der Waals surface area contributed by atoms with Crippen LogP contribution in [0.25, 0.3) is 0 Å². The van der Waals surface area contributed by atoms with Crippen LogP contribution in [0.3, 0.4) is 0 Å². The Labute approximate surface area is 89.6 Å². The molecule has 0 spiro atoms. The van der Waals surface area contributed by atoms with Crippen molar-refractivity contribution in [3.63, 3.8) is 0 Å². The predicted octanol–water partition coefficient (Wildman–Crippen LogP) is 0.651. The lowest BCUT2D eigenvalue weighted by atomic mass is 10.1. The first-order chi connectivity index (χ1) is 7.33. The largest absolute Gasteiger partial charge is 0.385 e. The van der Waals surface area contributed by atoms with Crippen LogP contribution in [-0.4, -0.2) is 28.5 Å². The fourth-order valence-corrected chi connectivity index (χ4v) is 1.98. The smallest absolute Gasteiger partial charge is 0.150 e. The molecular weight excluding hydrogens is 192 g/mol. The predicted molar refractivity (Wildman–Crippen MR) is 56.4 cm³/mol. The van der Waals surface area contributed by atoms with Gasteiger partial charge in [-0.3, -0.25) is 0 Å². The van der Waals surface area contributed by atoms with E-state index in [9.17, 15) is 0 Å². The van der Waals surface area contributed by atoms with Crippen molar-refractivity contribution < 1.29 is 4.74 Å². The van der Waals surface area contributed by atoms with Crippen molar-refractivity contribution in [3.8, 4) is 0 Å². The lowest BCUT2D eigenvalue weighted by molar-refractivity contribution is 0.186. The highest BCUT2D eigenvalue weighted by Crippen LogP contribution is 2.19. The molecule has 0 fully saturated rings. The first-order valence-electron chi connectivity index (χ1n) is 5.49. The van der Waals surface area contributed by atoms with Gasteiger partial charge in [-0.25, -0.2) is 0 Å². The number of methoxy groups -OCH3 is 1. The molecule has 0 bridgehead atoms. The summed E-state index contributed by atoms with van der Waals surface area (Å²) in [5, 5.41) is 8.36. The normalized spacial score (nSPS) is 17.5. The van der Waals surface area contributed by atoms with Crippen LogP contribution < -0.4 is 5.73 Å². The van der Waals surface area contributed by atoms with Crippen molar-refractivity contribution in [1.82, 2.24) is 14.8 Å². The van der Waals surface area contributed by atoms with Crippen LogP contribution in [0, 0.1) is 0 Å². The van der Waals surface area contributed by atoms with E-state index in [0.29, 0.717) is 6.61 Å². The minimum atomic E-state index is -0.0516. The highest BCUT2D eigenvalue weighted by atomic mass is 16.5. The summed E-state index contributed by atoms with van der Waals surface area (Å²) < 4.78 is 7.19. The van der Waals surface area contributed by atoms with Gasteiger partial charge in [0.05, 0.1) is 6.04 Å². The summed E-state index contributed by atoms with van der Waals surface area (Å²) in [4.78, 5) is 0. The average Bonchev–Trinajstić information content (AvgIpc) is 2.69. The van der Waals surface area contributed by atoms with E-state index < -0.39 is 0 Å². The van der Waals surface area contributed by atoms with Gasteiger partial charge in [0.15, 0.2) is 0 Å². The number of aryl methyl sites for hydroxylation is 1. The second-order valence-electron chi connectivity index (χ2n) is 3.97. The highest BCUT2D eigenvalue weighted by molar-refractivity contribution is 5.02. The van der Waals surface area contributed by atoms with Gasteiger partial charge in [0.1, 0.15) is 11.6 Å². The van der Waals surface area contributed by atoms with Crippen LogP contribution in [0.1, 0.15) is 37.0 Å². The summed E-state index contributed by atoms with van der Waals surface area (Å²) in [5.41, 5.74) is 6.05. The van der Waals surface area contributed by atoms with Gasteiger partial charge in [-0.1, -0.05) is 0 Å². The first-order valence-corrected chi connectivity index (χ1v) is 5.49. The zero-order valence-electron chi connectivity index (χ0n) is 9.15. The van der Waals surface area contributed by atoms with Crippen molar-refractivity contribution in [3.05, 3.63) is 11.6 Å². The highest BCUT2D eigenvalue weighted by Gasteiger charge is 2.19. The molecule has 0 saturated carbocycles. The Kier molecular flexibility index (Phi) is 3.33. The molecule has 2 heterocycles. The van der Waals surface area contributed by atoms with Crippen LogP contribution in [-0.2, 0) is 17.7 Å². The summed E-state index contributed by atoms with van der Waals surface area (Å²) in [6.07, 6.45) is 4.25. The fraction of sp³-hybridized carbons (Fsp3) is 0.800. The molecule has 1 aliphatic rings. The zero-order chi connectivity index (χ0) is 10.7. The van der Waals surface area contributed by atoms with Gasteiger partial charge in [-0.15, -0.1) is 10.2 Å². The van der Waals surface area contributed by atoms with Gasteiger partial charge in [-0.05, 0) is 19.3 Å². The van der Waals surface area contributed by atoms with Gasteiger partial charge in [0, 0.05) is 26.7 Å². The van der Waals surface area contributed by atoms with Gasteiger partial charge >= 0.3 is 0 Å². The average molecular weight is 210 g/mol. The molecule has 0 aliphatic carbocycles. The van der Waals surface area contributed by atoms with Crippen molar-refractivity contribution in [2.24, 2.45) is 5.73 Å². The molecule has 1 aliphatic heterocycles. The summed E-state index contributed by atoms with van der Waals surface area (Å²) in [6.45, 7) is 1.68. The van der Waals surface area contributed by atoms with E-state index >= 15 is 0 Å². The fourth-order valence-electron chi connectivity index (χ4n) is 1.98. The maximum atomic E-state index is 6.05. The van der Waals surface area contributed by atoms with Crippen LogP contribution in [0.15, 0.2) is 0 Å². The Bertz CT molecular complexity index is 323. The van der Waals surface area contributed by atoms with E-state index in [0.717, 1.165) is 31.0 Å². The molecule has 1 aromatic rings. The number of aromatic nitrogens is 3. The molecule has 0 saturated heterocycles. The third-order valence-corrected chi connectivity index (χ3v) is 2.85. The van der Waals surface area contributed by atoms with E-state index in [1.165, 1.54) is 12.8 Å². The number of nitrogens with zero attached hydrogens (tertiary/aromatic N) is 3. The Morgan fingerprint density at radius 1 is 1.47 bits per heavy atom. The third-order valence-electron chi connectivity index (χ3n) is 2.85. The summed E-state index contributed by atoms with van der Waals surface area (Å²) >= 11 is 0. The number of hydrogen-bond acceptors (Lipinski definition) is 4. The standard InChI is InChI=1S/C10H18N4O/c1-15-7-5-8(11)10-13-12-9-4-2-3-6-14(9)10/h8H,2-7,11H2,1H3. The van der Waals surface area contributed by atoms with Gasteiger partial charge < -0.3 is 15.0 Å². The van der Waals surface area contributed by atoms with Crippen LogP contribution in [0.4, 0.5) is 0 Å². The third kappa shape index (κ3) is 2.18. The molecule has 0 amide bonds. The number of rotatable bonds is 4.